The zero-order valence-electron chi connectivity index (χ0n) is 17.0. The zero-order chi connectivity index (χ0) is 21.0. The van der Waals surface area contributed by atoms with E-state index in [0.717, 1.165) is 24.5 Å². The molecule has 30 heavy (non-hydrogen) atoms. The lowest BCUT2D eigenvalue weighted by Gasteiger charge is -2.56. The predicted octanol–water partition coefficient (Wildman–Crippen LogP) is 1.14. The molecule has 5 rings (SSSR count). The number of nitrogens with one attached hydrogen (secondary N) is 3. The van der Waals surface area contributed by atoms with Crippen LogP contribution in [-0.2, 0) is 9.59 Å². The molecule has 0 aromatic heterocycles. The maximum Gasteiger partial charge on any atom is 0.264 e. The average molecular weight is 410 g/mol. The van der Waals surface area contributed by atoms with Gasteiger partial charge in [-0.1, -0.05) is 13.0 Å². The highest BCUT2D eigenvalue weighted by Crippen LogP contribution is 2.51. The van der Waals surface area contributed by atoms with Crippen LogP contribution in [0.4, 0.5) is 5.69 Å². The lowest BCUT2D eigenvalue weighted by Crippen LogP contribution is -2.61. The molecule has 3 heterocycles. The number of fused-ring (bicyclic) bond motifs is 1. The van der Waals surface area contributed by atoms with Crippen molar-refractivity contribution in [1.29, 1.82) is 0 Å². The molecule has 0 radical (unpaired) electrons. The highest BCUT2D eigenvalue weighted by atomic mass is 16.2. The number of piperidine rings is 1. The van der Waals surface area contributed by atoms with Crippen LogP contribution in [0.5, 0.6) is 0 Å². The Morgan fingerprint density at radius 2 is 1.93 bits per heavy atom. The first-order valence-corrected chi connectivity index (χ1v) is 10.7. The van der Waals surface area contributed by atoms with Gasteiger partial charge in [-0.15, -0.1) is 0 Å². The second kappa shape index (κ2) is 6.91. The summed E-state index contributed by atoms with van der Waals surface area (Å²) in [4.78, 5) is 50.7. The Labute approximate surface area is 174 Å². The molecule has 2 atom stereocenters. The van der Waals surface area contributed by atoms with E-state index in [1.165, 1.54) is 12.8 Å². The van der Waals surface area contributed by atoms with Gasteiger partial charge in [0.25, 0.3) is 11.8 Å². The largest absolute Gasteiger partial charge is 0.384 e. The first kappa shape index (κ1) is 19.2. The standard InChI is InChI=1S/C22H26N4O4/c1-12(13-7-22(8-13)10-23-11-22)9-24-15-4-2-3-14-18(15)21(30)26(20(14)29)16-5-6-17(27)25-19(16)28/h2-4,12-13,16,23-24H,5-11H2,1H3,(H,25,27,28)/t12-,16?/m0/s1. The van der Waals surface area contributed by atoms with E-state index in [2.05, 4.69) is 22.9 Å². The highest BCUT2D eigenvalue weighted by Gasteiger charge is 2.50. The van der Waals surface area contributed by atoms with Crippen molar-refractivity contribution in [2.45, 2.75) is 38.6 Å². The normalized spacial score (nSPS) is 26.2. The fraction of sp³-hybridized carbons (Fsp3) is 0.545. The van der Waals surface area contributed by atoms with Crippen LogP contribution in [0.1, 0.15) is 53.3 Å². The van der Waals surface area contributed by atoms with Gasteiger partial charge in [-0.3, -0.25) is 29.4 Å². The van der Waals surface area contributed by atoms with Crippen LogP contribution in [0.2, 0.25) is 0 Å². The second-order valence-electron chi connectivity index (χ2n) is 9.31. The minimum Gasteiger partial charge on any atom is -0.384 e. The molecular weight excluding hydrogens is 384 g/mol. The van der Waals surface area contributed by atoms with Crippen molar-refractivity contribution in [3.05, 3.63) is 29.3 Å². The first-order valence-electron chi connectivity index (χ1n) is 10.7. The second-order valence-corrected chi connectivity index (χ2v) is 9.31. The molecule has 3 aliphatic heterocycles. The van der Waals surface area contributed by atoms with E-state index in [9.17, 15) is 19.2 Å². The van der Waals surface area contributed by atoms with Gasteiger partial charge in [-0.25, -0.2) is 0 Å². The Kier molecular flexibility index (Phi) is 4.43. The molecule has 1 aliphatic carbocycles. The van der Waals surface area contributed by atoms with Gasteiger partial charge in [0.1, 0.15) is 6.04 Å². The van der Waals surface area contributed by atoms with Gasteiger partial charge < -0.3 is 10.6 Å². The monoisotopic (exact) mass is 410 g/mol. The SMILES string of the molecule is C[C@@H](CNc1cccc2c1C(=O)N(C1CCC(=O)NC1=O)C2=O)C1CC2(CNC2)C1. The molecule has 1 aromatic rings. The molecule has 1 saturated carbocycles. The van der Waals surface area contributed by atoms with E-state index in [4.69, 9.17) is 0 Å². The zero-order valence-corrected chi connectivity index (χ0v) is 17.0. The lowest BCUT2D eigenvalue weighted by atomic mass is 9.55. The number of rotatable bonds is 5. The Morgan fingerprint density at radius 1 is 1.17 bits per heavy atom. The quantitative estimate of drug-likeness (QED) is 0.629. The fourth-order valence-corrected chi connectivity index (χ4v) is 5.32. The number of carbonyl (C=O) groups is 4. The highest BCUT2D eigenvalue weighted by molar-refractivity contribution is 6.25. The molecule has 1 spiro atoms. The molecule has 8 heteroatoms. The number of anilines is 1. The third kappa shape index (κ3) is 2.93. The molecule has 3 fully saturated rings. The van der Waals surface area contributed by atoms with Crippen molar-refractivity contribution in [3.63, 3.8) is 0 Å². The maximum absolute atomic E-state index is 13.1. The molecule has 8 nitrogen and oxygen atoms in total. The minimum absolute atomic E-state index is 0.116. The van der Waals surface area contributed by atoms with E-state index >= 15 is 0 Å². The van der Waals surface area contributed by atoms with E-state index in [-0.39, 0.29) is 18.7 Å². The summed E-state index contributed by atoms with van der Waals surface area (Å²) in [5.41, 5.74) is 1.79. The summed E-state index contributed by atoms with van der Waals surface area (Å²) in [6, 6.07) is 4.24. The van der Waals surface area contributed by atoms with E-state index in [1.807, 2.05) is 6.07 Å². The van der Waals surface area contributed by atoms with Crippen LogP contribution in [-0.4, -0.2) is 54.2 Å². The summed E-state index contributed by atoms with van der Waals surface area (Å²) >= 11 is 0. The molecule has 1 aromatic carbocycles. The molecule has 0 bridgehead atoms. The van der Waals surface area contributed by atoms with Crippen LogP contribution in [0.3, 0.4) is 0 Å². The Morgan fingerprint density at radius 3 is 2.60 bits per heavy atom. The number of benzene rings is 1. The topological polar surface area (TPSA) is 108 Å². The smallest absolute Gasteiger partial charge is 0.264 e. The van der Waals surface area contributed by atoms with Gasteiger partial charge in [-0.2, -0.15) is 0 Å². The summed E-state index contributed by atoms with van der Waals surface area (Å²) < 4.78 is 0. The summed E-state index contributed by atoms with van der Waals surface area (Å²) in [5, 5.41) is 8.96. The van der Waals surface area contributed by atoms with Crippen molar-refractivity contribution in [3.8, 4) is 0 Å². The van der Waals surface area contributed by atoms with Gasteiger partial charge >= 0.3 is 0 Å². The minimum atomic E-state index is -0.941. The maximum atomic E-state index is 13.1. The van der Waals surface area contributed by atoms with Crippen LogP contribution < -0.4 is 16.0 Å². The summed E-state index contributed by atoms with van der Waals surface area (Å²) in [7, 11) is 0. The van der Waals surface area contributed by atoms with Crippen LogP contribution in [0, 0.1) is 17.3 Å². The molecule has 2 saturated heterocycles. The van der Waals surface area contributed by atoms with Gasteiger partial charge in [0.15, 0.2) is 0 Å². The van der Waals surface area contributed by atoms with Gasteiger partial charge in [0, 0.05) is 31.7 Å². The van der Waals surface area contributed by atoms with Crippen LogP contribution in [0.25, 0.3) is 0 Å². The lowest BCUT2D eigenvalue weighted by molar-refractivity contribution is -0.136. The number of nitrogens with zero attached hydrogens (tertiary/aromatic N) is 1. The Balaban J connectivity index is 1.30. The summed E-state index contributed by atoms with van der Waals surface area (Å²) in [5.74, 6) is -0.768. The molecule has 3 N–H and O–H groups in total. The van der Waals surface area contributed by atoms with Crippen molar-refractivity contribution in [2.75, 3.05) is 25.0 Å². The number of amides is 4. The van der Waals surface area contributed by atoms with Crippen LogP contribution in [0.15, 0.2) is 18.2 Å². The van der Waals surface area contributed by atoms with Gasteiger partial charge in [0.05, 0.1) is 11.1 Å². The molecular formula is C22H26N4O4. The van der Waals surface area contributed by atoms with E-state index in [1.54, 1.807) is 12.1 Å². The van der Waals surface area contributed by atoms with Crippen molar-refractivity contribution in [1.82, 2.24) is 15.5 Å². The van der Waals surface area contributed by atoms with Gasteiger partial charge in [-0.05, 0) is 48.6 Å². The predicted molar refractivity (Wildman–Crippen MR) is 109 cm³/mol. The van der Waals surface area contributed by atoms with E-state index < -0.39 is 23.8 Å². The fourth-order valence-electron chi connectivity index (χ4n) is 5.32. The van der Waals surface area contributed by atoms with E-state index in [0.29, 0.717) is 34.1 Å². The third-order valence-electron chi connectivity index (χ3n) is 7.28. The van der Waals surface area contributed by atoms with Gasteiger partial charge in [0.2, 0.25) is 11.8 Å². The van der Waals surface area contributed by atoms with Crippen molar-refractivity contribution in [2.24, 2.45) is 17.3 Å². The number of hydrogen-bond donors (Lipinski definition) is 3. The van der Waals surface area contributed by atoms with Crippen molar-refractivity contribution < 1.29 is 19.2 Å². The number of imide groups is 2. The Hall–Kier alpha value is -2.74. The summed E-state index contributed by atoms with van der Waals surface area (Å²) in [6.07, 6.45) is 2.77. The molecule has 4 aliphatic rings. The first-order chi connectivity index (χ1) is 14.4. The summed E-state index contributed by atoms with van der Waals surface area (Å²) in [6.45, 7) is 5.21. The molecule has 1 unspecified atom stereocenters. The average Bonchev–Trinajstić information content (AvgIpc) is 2.89. The molecule has 4 amide bonds. The third-order valence-corrected chi connectivity index (χ3v) is 7.28. The van der Waals surface area contributed by atoms with Crippen LogP contribution >= 0.6 is 0 Å². The van der Waals surface area contributed by atoms with Crippen molar-refractivity contribution >= 4 is 29.3 Å². The Bertz CT molecular complexity index is 946. The molecule has 158 valence electrons. The number of carbonyl (C=O) groups excluding carboxylic acids is 4. The number of hydrogen-bond acceptors (Lipinski definition) is 6.